The van der Waals surface area contributed by atoms with Gasteiger partial charge in [-0.1, -0.05) is 78.9 Å². The highest BCUT2D eigenvalue weighted by molar-refractivity contribution is 5.90. The summed E-state index contributed by atoms with van der Waals surface area (Å²) in [4.78, 5) is 51.3. The number of fused-ring (bicyclic) bond motifs is 1. The minimum atomic E-state index is -1.22. The lowest BCUT2D eigenvalue weighted by atomic mass is 9.80. The number of benzene rings is 5. The quantitative estimate of drug-likeness (QED) is 0.0715. The van der Waals surface area contributed by atoms with Crippen LogP contribution in [0.1, 0.15) is 47.9 Å². The van der Waals surface area contributed by atoms with Crippen molar-refractivity contribution < 1.29 is 42.9 Å². The highest BCUT2D eigenvalue weighted by atomic mass is 16.5. The van der Waals surface area contributed by atoms with E-state index in [1.807, 2.05) is 115 Å². The fourth-order valence-corrected chi connectivity index (χ4v) is 6.43. The number of amides is 3. The first-order valence-electron chi connectivity index (χ1n) is 18.6. The van der Waals surface area contributed by atoms with Crippen LogP contribution in [-0.4, -0.2) is 77.9 Å². The van der Waals surface area contributed by atoms with Gasteiger partial charge in [0.25, 0.3) is 0 Å². The number of ether oxygens (including phenoxy) is 5. The molecule has 298 valence electrons. The molecular formula is C45H49N3O9. The first kappa shape index (κ1) is 41.8. The number of esters is 1. The molecule has 2 atom stereocenters. The van der Waals surface area contributed by atoms with Crippen LogP contribution in [0.4, 0.5) is 0 Å². The second kappa shape index (κ2) is 20.0. The van der Waals surface area contributed by atoms with Crippen molar-refractivity contribution in [3.8, 4) is 17.2 Å². The number of rotatable bonds is 19. The number of hydrogen-bond donors (Lipinski definition) is 3. The Kier molecular flexibility index (Phi) is 14.6. The average Bonchev–Trinajstić information content (AvgIpc) is 3.26. The van der Waals surface area contributed by atoms with Crippen molar-refractivity contribution in [1.29, 1.82) is 0 Å². The fourth-order valence-electron chi connectivity index (χ4n) is 6.43. The van der Waals surface area contributed by atoms with Crippen molar-refractivity contribution in [2.24, 2.45) is 0 Å². The Hall–Kier alpha value is -6.40. The number of nitrogens with one attached hydrogen (secondary N) is 3. The van der Waals surface area contributed by atoms with Gasteiger partial charge in [-0.15, -0.1) is 0 Å². The topological polar surface area (TPSA) is 151 Å². The largest absolute Gasteiger partial charge is 0.497 e. The number of carbonyl (C=O) groups excluding carboxylic acids is 4. The van der Waals surface area contributed by atoms with Gasteiger partial charge in [0.05, 0.1) is 52.9 Å². The number of methoxy groups -OCH3 is 3. The lowest BCUT2D eigenvalue weighted by molar-refractivity contribution is -0.147. The van der Waals surface area contributed by atoms with Gasteiger partial charge in [0.15, 0.2) is 0 Å². The third kappa shape index (κ3) is 10.7. The third-order valence-electron chi connectivity index (χ3n) is 9.71. The normalized spacial score (nSPS) is 12.2. The van der Waals surface area contributed by atoms with Crippen LogP contribution in [0.3, 0.4) is 0 Å². The summed E-state index contributed by atoms with van der Waals surface area (Å²) in [7, 11) is 6.28. The summed E-state index contributed by atoms with van der Waals surface area (Å²) in [6.07, 6.45) is -0.201. The highest BCUT2D eigenvalue weighted by Crippen LogP contribution is 2.42. The summed E-state index contributed by atoms with van der Waals surface area (Å²) in [5, 5.41) is 10.0. The van der Waals surface area contributed by atoms with Crippen LogP contribution in [-0.2, 0) is 34.3 Å². The third-order valence-corrected chi connectivity index (χ3v) is 9.71. The molecule has 12 nitrogen and oxygen atoms in total. The standard InChI is InChI=1S/C45H49N3O9/c1-30(31-11-12-33-26-40(55-5)18-13-32(33)25-31)44(52)47-27-42(50)48-37(28-56-43(51)24-23-41(49)46-2)29-57-45(34-9-7-6-8-10-34,35-14-19-38(53-3)20-15-35)36-16-21-39(54-4)22-17-36/h6-22,25-26,30,37H,23-24,27-29H2,1-5H3,(H,46,49)(H,47,52)(H,48,50)/t30-,37?/m0/s1. The Labute approximate surface area is 332 Å². The van der Waals surface area contributed by atoms with Crippen LogP contribution in [0, 0.1) is 0 Å². The van der Waals surface area contributed by atoms with Crippen molar-refractivity contribution in [2.75, 3.05) is 48.1 Å². The fraction of sp³-hybridized carbons (Fsp3) is 0.289. The second-order valence-corrected chi connectivity index (χ2v) is 13.3. The van der Waals surface area contributed by atoms with Crippen LogP contribution in [0.25, 0.3) is 10.8 Å². The molecule has 0 radical (unpaired) electrons. The molecule has 5 rings (SSSR count). The average molecular weight is 776 g/mol. The molecule has 0 fully saturated rings. The molecule has 0 saturated carbocycles. The van der Waals surface area contributed by atoms with Gasteiger partial charge in [-0.3, -0.25) is 19.2 Å². The second-order valence-electron chi connectivity index (χ2n) is 13.3. The van der Waals surface area contributed by atoms with Crippen LogP contribution in [0.15, 0.2) is 115 Å². The SMILES string of the molecule is CNC(=O)CCC(=O)OCC(COC(c1ccccc1)(c1ccc(OC)cc1)c1ccc(OC)cc1)NC(=O)CNC(=O)[C@@H](C)c1ccc2cc(OC)ccc2c1. The van der Waals surface area contributed by atoms with Gasteiger partial charge in [-0.25, -0.2) is 0 Å². The van der Waals surface area contributed by atoms with E-state index in [1.165, 1.54) is 7.05 Å². The van der Waals surface area contributed by atoms with E-state index in [4.69, 9.17) is 23.7 Å². The summed E-state index contributed by atoms with van der Waals surface area (Å²) in [5.41, 5.74) is 1.89. The van der Waals surface area contributed by atoms with Crippen molar-refractivity contribution in [1.82, 2.24) is 16.0 Å². The molecule has 0 bridgehead atoms. The minimum absolute atomic E-state index is 0.0511. The molecule has 0 aliphatic rings. The first-order chi connectivity index (χ1) is 27.6. The van der Waals surface area contributed by atoms with E-state index in [9.17, 15) is 19.2 Å². The maximum absolute atomic E-state index is 13.5. The van der Waals surface area contributed by atoms with E-state index in [0.717, 1.165) is 38.8 Å². The molecule has 1 unspecified atom stereocenters. The molecule has 12 heteroatoms. The molecule has 3 amide bonds. The van der Waals surface area contributed by atoms with Gasteiger partial charge < -0.3 is 39.6 Å². The van der Waals surface area contributed by atoms with Crippen molar-refractivity contribution in [3.05, 3.63) is 138 Å². The van der Waals surface area contributed by atoms with Crippen LogP contribution < -0.4 is 30.2 Å². The summed E-state index contributed by atoms with van der Waals surface area (Å²) in [5.74, 6) is -0.284. The summed E-state index contributed by atoms with van der Waals surface area (Å²) >= 11 is 0. The summed E-state index contributed by atoms with van der Waals surface area (Å²) in [6, 6.07) is 35.2. The molecule has 0 aliphatic carbocycles. The Morgan fingerprint density at radius 3 is 1.79 bits per heavy atom. The Morgan fingerprint density at radius 2 is 1.19 bits per heavy atom. The molecule has 5 aromatic rings. The van der Waals surface area contributed by atoms with Crippen molar-refractivity contribution in [3.63, 3.8) is 0 Å². The smallest absolute Gasteiger partial charge is 0.306 e. The van der Waals surface area contributed by atoms with E-state index < -0.39 is 29.4 Å². The van der Waals surface area contributed by atoms with E-state index in [-0.39, 0.29) is 44.4 Å². The summed E-state index contributed by atoms with van der Waals surface area (Å²) in [6.45, 7) is 1.04. The monoisotopic (exact) mass is 775 g/mol. The van der Waals surface area contributed by atoms with Gasteiger partial charge in [0.1, 0.15) is 29.5 Å². The molecule has 0 heterocycles. The maximum Gasteiger partial charge on any atom is 0.306 e. The molecule has 5 aromatic carbocycles. The van der Waals surface area contributed by atoms with E-state index in [2.05, 4.69) is 16.0 Å². The molecule has 0 aromatic heterocycles. The lowest BCUT2D eigenvalue weighted by Crippen LogP contribution is -2.48. The van der Waals surface area contributed by atoms with E-state index in [0.29, 0.717) is 11.5 Å². The van der Waals surface area contributed by atoms with Crippen LogP contribution >= 0.6 is 0 Å². The Balaban J connectivity index is 1.38. The molecule has 0 spiro atoms. The van der Waals surface area contributed by atoms with Gasteiger partial charge in [-0.2, -0.15) is 0 Å². The lowest BCUT2D eigenvalue weighted by Gasteiger charge is -2.37. The summed E-state index contributed by atoms with van der Waals surface area (Å²) < 4.78 is 28.8. The van der Waals surface area contributed by atoms with E-state index in [1.54, 1.807) is 28.3 Å². The van der Waals surface area contributed by atoms with Crippen LogP contribution in [0.2, 0.25) is 0 Å². The Morgan fingerprint density at radius 1 is 0.632 bits per heavy atom. The van der Waals surface area contributed by atoms with Crippen molar-refractivity contribution in [2.45, 2.75) is 37.3 Å². The van der Waals surface area contributed by atoms with Crippen molar-refractivity contribution >= 4 is 34.5 Å². The molecule has 0 aliphatic heterocycles. The van der Waals surface area contributed by atoms with Gasteiger partial charge in [0, 0.05) is 13.5 Å². The number of hydrogen-bond acceptors (Lipinski definition) is 9. The maximum atomic E-state index is 13.5. The zero-order valence-corrected chi connectivity index (χ0v) is 32.8. The van der Waals surface area contributed by atoms with Crippen LogP contribution in [0.5, 0.6) is 17.2 Å². The molecule has 0 saturated heterocycles. The number of carbonyl (C=O) groups is 4. The molecule has 57 heavy (non-hydrogen) atoms. The predicted octanol–water partition coefficient (Wildman–Crippen LogP) is 5.65. The van der Waals surface area contributed by atoms with E-state index >= 15 is 0 Å². The van der Waals surface area contributed by atoms with Gasteiger partial charge in [-0.05, 0) is 76.3 Å². The predicted molar refractivity (Wildman–Crippen MR) is 216 cm³/mol. The molecule has 3 N–H and O–H groups in total. The molecular weight excluding hydrogens is 727 g/mol. The Bertz CT molecular complexity index is 2080. The first-order valence-corrected chi connectivity index (χ1v) is 18.6. The zero-order chi connectivity index (χ0) is 40.8. The highest BCUT2D eigenvalue weighted by Gasteiger charge is 2.39. The minimum Gasteiger partial charge on any atom is -0.497 e. The van der Waals surface area contributed by atoms with Gasteiger partial charge >= 0.3 is 5.97 Å². The zero-order valence-electron chi connectivity index (χ0n) is 32.8. The van der Waals surface area contributed by atoms with Gasteiger partial charge in [0.2, 0.25) is 17.7 Å².